The predicted octanol–water partition coefficient (Wildman–Crippen LogP) is 2.04. The fourth-order valence-electron chi connectivity index (χ4n) is 2.34. The number of likely N-dealkylation sites (tertiary alicyclic amines) is 1. The van der Waals surface area contributed by atoms with Crippen molar-refractivity contribution in [2.75, 3.05) is 33.4 Å². The third kappa shape index (κ3) is 3.54. The normalized spacial score (nSPS) is 22.4. The molecule has 1 atom stereocenters. The second kappa shape index (κ2) is 6.33. The summed E-state index contributed by atoms with van der Waals surface area (Å²) in [4.78, 5) is 6.89. The molecule has 0 radical (unpaired) electrons. The van der Waals surface area contributed by atoms with Gasteiger partial charge in [0.25, 0.3) is 0 Å². The summed E-state index contributed by atoms with van der Waals surface area (Å²) in [5.74, 6) is 0.789. The molecule has 1 aromatic heterocycles. The quantitative estimate of drug-likeness (QED) is 0.787. The zero-order valence-corrected chi connectivity index (χ0v) is 10.7. The van der Waals surface area contributed by atoms with Gasteiger partial charge >= 0.3 is 0 Å². The summed E-state index contributed by atoms with van der Waals surface area (Å²) in [6.45, 7) is 4.37. The minimum atomic E-state index is 0.789. The zero-order valence-electron chi connectivity index (χ0n) is 9.89. The topological polar surface area (TPSA) is 25.4 Å². The molecule has 4 heteroatoms. The summed E-state index contributed by atoms with van der Waals surface area (Å²) in [5, 5.41) is 3.36. The van der Waals surface area contributed by atoms with Crippen molar-refractivity contribution in [1.82, 2.24) is 9.88 Å². The number of hydrogen-bond donors (Lipinski definition) is 0. The molecule has 2 rings (SSSR count). The van der Waals surface area contributed by atoms with Gasteiger partial charge in [-0.25, -0.2) is 4.98 Å². The second-order valence-electron chi connectivity index (χ2n) is 4.43. The molecule has 3 nitrogen and oxygen atoms in total. The maximum absolute atomic E-state index is 5.13. The lowest BCUT2D eigenvalue weighted by molar-refractivity contribution is 0.114. The molecule has 16 heavy (non-hydrogen) atoms. The smallest absolute Gasteiger partial charge is 0.0928 e. The maximum Gasteiger partial charge on any atom is 0.0928 e. The Morgan fingerprint density at radius 1 is 1.62 bits per heavy atom. The van der Waals surface area contributed by atoms with Crippen LogP contribution in [-0.4, -0.2) is 43.2 Å². The van der Waals surface area contributed by atoms with Gasteiger partial charge in [0.15, 0.2) is 0 Å². The molecule has 1 saturated heterocycles. The van der Waals surface area contributed by atoms with Crippen molar-refractivity contribution >= 4 is 11.3 Å². The van der Waals surface area contributed by atoms with Crippen LogP contribution >= 0.6 is 11.3 Å². The summed E-state index contributed by atoms with van der Waals surface area (Å²) in [6, 6.07) is 0. The Bertz CT molecular complexity index is 289. The van der Waals surface area contributed by atoms with Gasteiger partial charge in [-0.1, -0.05) is 0 Å². The van der Waals surface area contributed by atoms with Crippen LogP contribution in [0.2, 0.25) is 0 Å². The summed E-state index contributed by atoms with van der Waals surface area (Å²) in [5.41, 5.74) is 0. The first kappa shape index (κ1) is 12.0. The van der Waals surface area contributed by atoms with Gasteiger partial charge in [-0.05, 0) is 25.3 Å². The highest BCUT2D eigenvalue weighted by atomic mass is 32.1. The van der Waals surface area contributed by atoms with Crippen molar-refractivity contribution in [1.29, 1.82) is 0 Å². The van der Waals surface area contributed by atoms with Crippen molar-refractivity contribution in [2.45, 2.75) is 19.3 Å². The molecule has 0 spiro atoms. The molecule has 0 N–H and O–H groups in total. The van der Waals surface area contributed by atoms with Gasteiger partial charge < -0.3 is 9.64 Å². The molecule has 0 unspecified atom stereocenters. The number of thiazole rings is 1. The van der Waals surface area contributed by atoms with Gasteiger partial charge in [0.2, 0.25) is 0 Å². The van der Waals surface area contributed by atoms with E-state index in [4.69, 9.17) is 4.74 Å². The number of ether oxygens (including phenoxy) is 1. The number of hydrogen-bond acceptors (Lipinski definition) is 4. The van der Waals surface area contributed by atoms with Crippen LogP contribution in [-0.2, 0) is 11.2 Å². The Balaban J connectivity index is 1.77. The summed E-state index contributed by atoms with van der Waals surface area (Å²) < 4.78 is 5.13. The molecule has 1 aromatic rings. The van der Waals surface area contributed by atoms with Gasteiger partial charge in [-0.2, -0.15) is 0 Å². The highest BCUT2D eigenvalue weighted by Gasteiger charge is 2.20. The highest BCUT2D eigenvalue weighted by molar-refractivity contribution is 7.09. The average Bonchev–Trinajstić information content (AvgIpc) is 2.80. The van der Waals surface area contributed by atoms with Crippen molar-refractivity contribution in [3.63, 3.8) is 0 Å². The van der Waals surface area contributed by atoms with E-state index < -0.39 is 0 Å². The number of methoxy groups -OCH3 is 1. The molecule has 0 aliphatic carbocycles. The molecule has 0 bridgehead atoms. The van der Waals surface area contributed by atoms with Gasteiger partial charge in [0.1, 0.15) is 0 Å². The SMILES string of the molecule is COCCN1CCC[C@H](Cc2nccs2)C1. The van der Waals surface area contributed by atoms with Gasteiger partial charge in [0, 0.05) is 38.2 Å². The molecular weight excluding hydrogens is 220 g/mol. The van der Waals surface area contributed by atoms with Crippen molar-refractivity contribution in [2.24, 2.45) is 5.92 Å². The number of nitrogens with zero attached hydrogens (tertiary/aromatic N) is 2. The minimum absolute atomic E-state index is 0.789. The molecule has 1 aliphatic heterocycles. The maximum atomic E-state index is 5.13. The molecule has 1 aliphatic rings. The zero-order chi connectivity index (χ0) is 11.2. The van der Waals surface area contributed by atoms with Gasteiger partial charge in [-0.15, -0.1) is 11.3 Å². The first-order valence-corrected chi connectivity index (χ1v) is 6.86. The van der Waals surface area contributed by atoms with Crippen LogP contribution < -0.4 is 0 Å². The van der Waals surface area contributed by atoms with E-state index in [0.717, 1.165) is 25.5 Å². The largest absolute Gasteiger partial charge is 0.383 e. The van der Waals surface area contributed by atoms with E-state index in [0.29, 0.717) is 0 Å². The Morgan fingerprint density at radius 2 is 2.56 bits per heavy atom. The highest BCUT2D eigenvalue weighted by Crippen LogP contribution is 2.21. The third-order valence-electron chi connectivity index (χ3n) is 3.16. The lowest BCUT2D eigenvalue weighted by atomic mass is 9.95. The third-order valence-corrected chi connectivity index (χ3v) is 3.96. The first-order chi connectivity index (χ1) is 7.88. The van der Waals surface area contributed by atoms with Crippen LogP contribution in [0.25, 0.3) is 0 Å². The molecule has 90 valence electrons. The predicted molar refractivity (Wildman–Crippen MR) is 66.9 cm³/mol. The molecule has 0 aromatic carbocycles. The van der Waals surface area contributed by atoms with Crippen molar-refractivity contribution in [3.05, 3.63) is 16.6 Å². The number of rotatable bonds is 5. The van der Waals surface area contributed by atoms with E-state index in [-0.39, 0.29) is 0 Å². The number of aromatic nitrogens is 1. The van der Waals surface area contributed by atoms with E-state index >= 15 is 0 Å². The van der Waals surface area contributed by atoms with E-state index in [2.05, 4.69) is 15.3 Å². The first-order valence-electron chi connectivity index (χ1n) is 5.98. The molecular formula is C12H20N2OS. The molecule has 2 heterocycles. The van der Waals surface area contributed by atoms with E-state index in [9.17, 15) is 0 Å². The Morgan fingerprint density at radius 3 is 3.31 bits per heavy atom. The standard InChI is InChI=1S/C12H20N2OS/c1-15-7-6-14-5-2-3-11(10-14)9-12-13-4-8-16-12/h4,8,11H,2-3,5-7,9-10H2,1H3/t11-/m1/s1. The van der Waals surface area contributed by atoms with Crippen LogP contribution in [0.5, 0.6) is 0 Å². The minimum Gasteiger partial charge on any atom is -0.383 e. The van der Waals surface area contributed by atoms with Gasteiger partial charge in [0.05, 0.1) is 11.6 Å². The summed E-state index contributed by atoms with van der Waals surface area (Å²) in [7, 11) is 1.77. The fraction of sp³-hybridized carbons (Fsp3) is 0.750. The van der Waals surface area contributed by atoms with E-state index in [1.165, 1.54) is 30.9 Å². The second-order valence-corrected chi connectivity index (χ2v) is 5.41. The fourth-order valence-corrected chi connectivity index (χ4v) is 3.07. The molecule has 0 saturated carbocycles. The summed E-state index contributed by atoms with van der Waals surface area (Å²) >= 11 is 1.78. The Kier molecular flexibility index (Phi) is 4.75. The monoisotopic (exact) mass is 240 g/mol. The van der Waals surface area contributed by atoms with Gasteiger partial charge in [-0.3, -0.25) is 0 Å². The lowest BCUT2D eigenvalue weighted by Crippen LogP contribution is -2.38. The summed E-state index contributed by atoms with van der Waals surface area (Å²) in [6.07, 6.45) is 5.73. The van der Waals surface area contributed by atoms with Crippen LogP contribution in [0.3, 0.4) is 0 Å². The van der Waals surface area contributed by atoms with E-state index in [1.807, 2.05) is 6.20 Å². The number of piperidine rings is 1. The average molecular weight is 240 g/mol. The molecule has 1 fully saturated rings. The Hall–Kier alpha value is -0.450. The van der Waals surface area contributed by atoms with Crippen molar-refractivity contribution < 1.29 is 4.74 Å². The molecule has 0 amide bonds. The lowest BCUT2D eigenvalue weighted by Gasteiger charge is -2.32. The van der Waals surface area contributed by atoms with Crippen LogP contribution in [0.4, 0.5) is 0 Å². The van der Waals surface area contributed by atoms with Crippen LogP contribution in [0.15, 0.2) is 11.6 Å². The van der Waals surface area contributed by atoms with Crippen LogP contribution in [0.1, 0.15) is 17.8 Å². The van der Waals surface area contributed by atoms with E-state index in [1.54, 1.807) is 18.4 Å². The Labute approximate surface area is 101 Å². The van der Waals surface area contributed by atoms with Crippen molar-refractivity contribution in [3.8, 4) is 0 Å². The van der Waals surface area contributed by atoms with Crippen LogP contribution in [0, 0.1) is 5.92 Å².